The molecule has 2 atom stereocenters. The van der Waals surface area contributed by atoms with Gasteiger partial charge in [0.15, 0.2) is 17.3 Å². The Bertz CT molecular complexity index is 1350. The van der Waals surface area contributed by atoms with Crippen molar-refractivity contribution in [2.45, 2.75) is 56.4 Å². The number of amides is 1. The minimum absolute atomic E-state index is 0.0143. The molecule has 1 amide bonds. The molecule has 2 fully saturated rings. The Morgan fingerprint density at radius 1 is 1.18 bits per heavy atom. The number of hydrogen-bond donors (Lipinski definition) is 2. The van der Waals surface area contributed by atoms with Gasteiger partial charge in [-0.05, 0) is 50.3 Å². The van der Waals surface area contributed by atoms with Gasteiger partial charge < -0.3 is 24.8 Å². The summed E-state index contributed by atoms with van der Waals surface area (Å²) in [6.07, 6.45) is 4.64. The average Bonchev–Trinajstić information content (AvgIpc) is 3.32. The number of carbonyl (C=O) groups is 1. The lowest BCUT2D eigenvalue weighted by Crippen LogP contribution is -2.49. The number of carbonyl (C=O) groups excluding carboxylic acids is 1. The van der Waals surface area contributed by atoms with Crippen LogP contribution in [0, 0.1) is 5.82 Å². The van der Waals surface area contributed by atoms with Crippen LogP contribution in [0.25, 0.3) is 10.9 Å². The standard InChI is InChI=1S/C28H33ClFN5O4/c1-34(2)28(37)23-11-17(36)14-35(23)16-7-9-18(10-8-16)39-25-12-19-22(13-24(25)38-3)31-15-32-27(19)33-21-6-4-5-20(29)26(21)30/h4-6,12-13,15-18,23,36H,7-11,14H2,1-3H3,(H,31,32,33)/t16-,17-,18-,23+/m1/s1. The van der Waals surface area contributed by atoms with E-state index in [1.807, 2.05) is 6.07 Å². The van der Waals surface area contributed by atoms with E-state index in [2.05, 4.69) is 20.2 Å². The number of likely N-dealkylation sites (N-methyl/N-ethyl adjacent to an activating group) is 1. The van der Waals surface area contributed by atoms with Crippen LogP contribution in [-0.4, -0.2) is 82.8 Å². The maximum Gasteiger partial charge on any atom is 0.239 e. The van der Waals surface area contributed by atoms with Gasteiger partial charge in [0.25, 0.3) is 0 Å². The summed E-state index contributed by atoms with van der Waals surface area (Å²) in [7, 11) is 5.09. The number of anilines is 2. The molecule has 1 aromatic heterocycles. The molecule has 11 heteroatoms. The predicted octanol–water partition coefficient (Wildman–Crippen LogP) is 4.39. The van der Waals surface area contributed by atoms with E-state index in [-0.39, 0.29) is 34.8 Å². The summed E-state index contributed by atoms with van der Waals surface area (Å²) in [4.78, 5) is 25.1. The number of ether oxygens (including phenoxy) is 2. The second-order valence-electron chi connectivity index (χ2n) is 10.4. The van der Waals surface area contributed by atoms with Crippen molar-refractivity contribution in [3.8, 4) is 11.5 Å². The van der Waals surface area contributed by atoms with Crippen LogP contribution in [0.2, 0.25) is 5.02 Å². The van der Waals surface area contributed by atoms with Gasteiger partial charge in [0.1, 0.15) is 12.1 Å². The third-order valence-corrected chi connectivity index (χ3v) is 7.87. The van der Waals surface area contributed by atoms with Gasteiger partial charge in [0.05, 0.1) is 41.6 Å². The van der Waals surface area contributed by atoms with Crippen LogP contribution in [0.3, 0.4) is 0 Å². The van der Waals surface area contributed by atoms with Crippen molar-refractivity contribution in [1.29, 1.82) is 0 Å². The number of aromatic nitrogens is 2. The molecule has 0 bridgehead atoms. The number of halogens is 2. The van der Waals surface area contributed by atoms with E-state index in [0.717, 1.165) is 25.7 Å². The van der Waals surface area contributed by atoms with Gasteiger partial charge in [-0.25, -0.2) is 14.4 Å². The highest BCUT2D eigenvalue weighted by molar-refractivity contribution is 6.31. The molecule has 1 saturated heterocycles. The lowest BCUT2D eigenvalue weighted by Gasteiger charge is -2.38. The zero-order valence-corrected chi connectivity index (χ0v) is 23.0. The summed E-state index contributed by atoms with van der Waals surface area (Å²) >= 11 is 5.95. The first-order chi connectivity index (χ1) is 18.7. The van der Waals surface area contributed by atoms with E-state index >= 15 is 0 Å². The normalized spacial score (nSPS) is 23.5. The lowest BCUT2D eigenvalue weighted by atomic mass is 9.91. The molecule has 3 aromatic rings. The van der Waals surface area contributed by atoms with E-state index in [0.29, 0.717) is 41.2 Å². The average molecular weight is 558 g/mol. The molecule has 2 aliphatic rings. The summed E-state index contributed by atoms with van der Waals surface area (Å²) < 4.78 is 26.6. The Hall–Kier alpha value is -3.21. The quantitative estimate of drug-likeness (QED) is 0.441. The smallest absolute Gasteiger partial charge is 0.239 e. The van der Waals surface area contributed by atoms with Crippen molar-refractivity contribution in [1.82, 2.24) is 19.8 Å². The van der Waals surface area contributed by atoms with Gasteiger partial charge in [0.2, 0.25) is 5.91 Å². The van der Waals surface area contributed by atoms with E-state index < -0.39 is 11.9 Å². The number of likely N-dealkylation sites (tertiary alicyclic amines) is 1. The summed E-state index contributed by atoms with van der Waals surface area (Å²) in [5.41, 5.74) is 0.823. The van der Waals surface area contributed by atoms with Crippen LogP contribution in [0.1, 0.15) is 32.1 Å². The zero-order chi connectivity index (χ0) is 27.7. The van der Waals surface area contributed by atoms with Crippen molar-refractivity contribution < 1.29 is 23.8 Å². The molecular formula is C28H33ClFN5O4. The number of β-amino-alcohol motifs (C(OH)–C–C–N with tert-alkyl or cyclic N) is 1. The number of rotatable bonds is 7. The summed E-state index contributed by atoms with van der Waals surface area (Å²) in [6.45, 7) is 0.516. The van der Waals surface area contributed by atoms with E-state index in [9.17, 15) is 14.3 Å². The van der Waals surface area contributed by atoms with E-state index in [1.165, 1.54) is 12.4 Å². The van der Waals surface area contributed by atoms with Crippen LogP contribution in [0.5, 0.6) is 11.5 Å². The minimum atomic E-state index is -0.562. The van der Waals surface area contributed by atoms with Crippen LogP contribution in [0.4, 0.5) is 15.9 Å². The first-order valence-electron chi connectivity index (χ1n) is 13.1. The second kappa shape index (κ2) is 11.5. The fraction of sp³-hybridized carbons (Fsp3) is 0.464. The largest absolute Gasteiger partial charge is 0.493 e. The molecule has 9 nitrogen and oxygen atoms in total. The number of nitrogens with zero attached hydrogens (tertiary/aromatic N) is 4. The zero-order valence-electron chi connectivity index (χ0n) is 22.2. The molecular weight excluding hydrogens is 525 g/mol. The fourth-order valence-corrected chi connectivity index (χ4v) is 5.77. The highest BCUT2D eigenvalue weighted by Crippen LogP contribution is 2.38. The number of aliphatic hydroxyl groups is 1. The number of nitrogens with one attached hydrogen (secondary N) is 1. The Morgan fingerprint density at radius 2 is 1.95 bits per heavy atom. The predicted molar refractivity (Wildman–Crippen MR) is 147 cm³/mol. The minimum Gasteiger partial charge on any atom is -0.493 e. The molecule has 0 radical (unpaired) electrons. The first kappa shape index (κ1) is 27.4. The van der Waals surface area contributed by atoms with Gasteiger partial charge in [-0.1, -0.05) is 17.7 Å². The van der Waals surface area contributed by atoms with Crippen molar-refractivity contribution >= 4 is 39.9 Å². The van der Waals surface area contributed by atoms with Gasteiger partial charge >= 0.3 is 0 Å². The van der Waals surface area contributed by atoms with Crippen LogP contribution in [-0.2, 0) is 4.79 Å². The van der Waals surface area contributed by atoms with Crippen molar-refractivity contribution in [3.05, 3.63) is 47.5 Å². The van der Waals surface area contributed by atoms with Gasteiger partial charge in [-0.3, -0.25) is 9.69 Å². The lowest BCUT2D eigenvalue weighted by molar-refractivity contribution is -0.134. The van der Waals surface area contributed by atoms with Crippen molar-refractivity contribution in [3.63, 3.8) is 0 Å². The molecule has 39 heavy (non-hydrogen) atoms. The highest BCUT2D eigenvalue weighted by atomic mass is 35.5. The molecule has 208 valence electrons. The maximum atomic E-state index is 14.5. The number of benzene rings is 2. The van der Waals surface area contributed by atoms with Gasteiger partial charge in [-0.15, -0.1) is 0 Å². The highest BCUT2D eigenvalue weighted by Gasteiger charge is 2.41. The first-order valence-corrected chi connectivity index (χ1v) is 13.5. The molecule has 2 heterocycles. The summed E-state index contributed by atoms with van der Waals surface area (Å²) in [5.74, 6) is 0.988. The Morgan fingerprint density at radius 3 is 2.67 bits per heavy atom. The molecule has 1 aliphatic heterocycles. The molecule has 1 saturated carbocycles. The van der Waals surface area contributed by atoms with E-state index in [4.69, 9.17) is 21.1 Å². The number of hydrogen-bond acceptors (Lipinski definition) is 8. The summed E-state index contributed by atoms with van der Waals surface area (Å²) in [5, 5.41) is 14.0. The molecule has 0 unspecified atom stereocenters. The van der Waals surface area contributed by atoms with E-state index in [1.54, 1.807) is 44.3 Å². The maximum absolute atomic E-state index is 14.5. The summed E-state index contributed by atoms with van der Waals surface area (Å²) in [6, 6.07) is 8.25. The molecule has 1 aliphatic carbocycles. The topological polar surface area (TPSA) is 100 Å². The monoisotopic (exact) mass is 557 g/mol. The molecule has 2 aromatic carbocycles. The molecule has 0 spiro atoms. The van der Waals surface area contributed by atoms with Gasteiger partial charge in [0, 0.05) is 38.1 Å². The fourth-order valence-electron chi connectivity index (χ4n) is 5.60. The molecule has 2 N–H and O–H groups in total. The van der Waals surface area contributed by atoms with Crippen LogP contribution >= 0.6 is 11.6 Å². The number of fused-ring (bicyclic) bond motifs is 1. The Balaban J connectivity index is 1.32. The number of aliphatic hydroxyl groups excluding tert-OH is 1. The third kappa shape index (κ3) is 5.73. The Labute approximate surface area is 231 Å². The number of methoxy groups -OCH3 is 1. The third-order valence-electron chi connectivity index (χ3n) is 7.57. The molecule has 5 rings (SSSR count). The SMILES string of the molecule is COc1cc2ncnc(Nc3cccc(Cl)c3F)c2cc1O[C@H]1CC[C@H](N2C[C@H](O)C[C@H]2C(=O)N(C)C)CC1. The van der Waals surface area contributed by atoms with Crippen molar-refractivity contribution in [2.75, 3.05) is 33.1 Å². The second-order valence-corrected chi connectivity index (χ2v) is 10.8. The van der Waals surface area contributed by atoms with Crippen LogP contribution in [0.15, 0.2) is 36.7 Å². The van der Waals surface area contributed by atoms with Gasteiger partial charge in [-0.2, -0.15) is 0 Å². The van der Waals surface area contributed by atoms with Crippen LogP contribution < -0.4 is 14.8 Å². The van der Waals surface area contributed by atoms with Crippen molar-refractivity contribution in [2.24, 2.45) is 0 Å². The Kier molecular flexibility index (Phi) is 8.06.